The van der Waals surface area contributed by atoms with Crippen molar-refractivity contribution in [2.45, 2.75) is 43.7 Å². The van der Waals surface area contributed by atoms with E-state index in [1.807, 2.05) is 30.3 Å². The number of carbonyl (C=O) groups is 1. The van der Waals surface area contributed by atoms with Gasteiger partial charge in [-0.05, 0) is 55.4 Å². The molecule has 2 aromatic rings. The molecule has 5 nitrogen and oxygen atoms in total. The third kappa shape index (κ3) is 2.82. The molecule has 2 fully saturated rings. The highest BCUT2D eigenvalue weighted by Crippen LogP contribution is 2.43. The maximum Gasteiger partial charge on any atom is 0.407 e. The Morgan fingerprint density at radius 1 is 1.08 bits per heavy atom. The van der Waals surface area contributed by atoms with Gasteiger partial charge in [-0.25, -0.2) is 9.78 Å². The number of amides is 1. The van der Waals surface area contributed by atoms with Crippen LogP contribution in [-0.4, -0.2) is 33.2 Å². The van der Waals surface area contributed by atoms with Crippen LogP contribution < -0.4 is 4.74 Å². The third-order valence-corrected chi connectivity index (χ3v) is 5.17. The maximum absolute atomic E-state index is 11.4. The number of hydrogen-bond donors (Lipinski definition) is 1. The minimum atomic E-state index is -0.764. The van der Waals surface area contributed by atoms with Crippen LogP contribution in [0.2, 0.25) is 0 Å². The molecule has 0 radical (unpaired) electrons. The van der Waals surface area contributed by atoms with Crippen molar-refractivity contribution in [2.24, 2.45) is 0 Å². The largest absolute Gasteiger partial charge is 0.465 e. The van der Waals surface area contributed by atoms with Gasteiger partial charge in [-0.3, -0.25) is 0 Å². The molecule has 5 heteroatoms. The molecule has 0 spiro atoms. The van der Waals surface area contributed by atoms with Gasteiger partial charge in [0.15, 0.2) is 0 Å². The SMILES string of the molecule is O=C(O)N1C2CCC1CC(c1ccc(Oc3ccccn3)cc1)C2. The fraction of sp³-hybridized carbons (Fsp3) is 0.368. The van der Waals surface area contributed by atoms with Gasteiger partial charge in [0.2, 0.25) is 5.88 Å². The Morgan fingerprint density at radius 3 is 2.38 bits per heavy atom. The predicted octanol–water partition coefficient (Wildman–Crippen LogP) is 4.26. The molecule has 1 aromatic carbocycles. The summed E-state index contributed by atoms with van der Waals surface area (Å²) in [5.41, 5.74) is 1.27. The van der Waals surface area contributed by atoms with Crippen LogP contribution in [0.25, 0.3) is 0 Å². The van der Waals surface area contributed by atoms with E-state index in [1.165, 1.54) is 5.56 Å². The molecular weight excluding hydrogens is 304 g/mol. The zero-order chi connectivity index (χ0) is 16.5. The first-order valence-corrected chi connectivity index (χ1v) is 8.41. The summed E-state index contributed by atoms with van der Waals surface area (Å²) in [4.78, 5) is 17.2. The normalized spacial score (nSPS) is 25.5. The Balaban J connectivity index is 1.45. The molecule has 1 N–H and O–H groups in total. The van der Waals surface area contributed by atoms with Gasteiger partial charge in [0.05, 0.1) is 0 Å². The number of carboxylic acid groups (broad SMARTS) is 1. The first-order valence-electron chi connectivity index (χ1n) is 8.41. The van der Waals surface area contributed by atoms with Crippen LogP contribution >= 0.6 is 0 Å². The molecule has 2 unspecified atom stereocenters. The molecule has 2 aliphatic heterocycles. The zero-order valence-corrected chi connectivity index (χ0v) is 13.3. The van der Waals surface area contributed by atoms with E-state index < -0.39 is 6.09 Å². The van der Waals surface area contributed by atoms with Gasteiger partial charge < -0.3 is 14.7 Å². The summed E-state index contributed by atoms with van der Waals surface area (Å²) in [5.74, 6) is 1.78. The summed E-state index contributed by atoms with van der Waals surface area (Å²) in [6.45, 7) is 0. The van der Waals surface area contributed by atoms with Gasteiger partial charge in [0.25, 0.3) is 0 Å². The van der Waals surface area contributed by atoms with Crippen molar-refractivity contribution in [2.75, 3.05) is 0 Å². The van der Waals surface area contributed by atoms with E-state index in [2.05, 4.69) is 17.1 Å². The second-order valence-corrected chi connectivity index (χ2v) is 6.58. The van der Waals surface area contributed by atoms with Crippen LogP contribution in [0.15, 0.2) is 48.7 Å². The van der Waals surface area contributed by atoms with E-state index in [4.69, 9.17) is 4.74 Å². The van der Waals surface area contributed by atoms with Gasteiger partial charge in [-0.2, -0.15) is 0 Å². The minimum absolute atomic E-state index is 0.177. The van der Waals surface area contributed by atoms with Crippen LogP contribution in [0.5, 0.6) is 11.6 Å². The lowest BCUT2D eigenvalue weighted by atomic mass is 9.85. The number of hydrogen-bond acceptors (Lipinski definition) is 3. The van der Waals surface area contributed by atoms with Crippen LogP contribution in [0.1, 0.15) is 37.2 Å². The lowest BCUT2D eigenvalue weighted by Crippen LogP contribution is -2.45. The van der Waals surface area contributed by atoms with E-state index in [-0.39, 0.29) is 12.1 Å². The highest BCUT2D eigenvalue weighted by atomic mass is 16.5. The molecular formula is C19H20N2O3. The second-order valence-electron chi connectivity index (χ2n) is 6.58. The lowest BCUT2D eigenvalue weighted by molar-refractivity contribution is 0.0965. The Bertz CT molecular complexity index is 703. The van der Waals surface area contributed by atoms with Crippen LogP contribution in [0, 0.1) is 0 Å². The molecule has 124 valence electrons. The number of aromatic nitrogens is 1. The monoisotopic (exact) mass is 324 g/mol. The minimum Gasteiger partial charge on any atom is -0.465 e. The van der Waals surface area contributed by atoms with E-state index >= 15 is 0 Å². The molecule has 0 aliphatic carbocycles. The number of pyridine rings is 1. The topological polar surface area (TPSA) is 62.7 Å². The number of piperidine rings is 1. The number of rotatable bonds is 3. The first kappa shape index (κ1) is 15.0. The fourth-order valence-corrected chi connectivity index (χ4v) is 4.10. The molecule has 2 saturated heterocycles. The summed E-state index contributed by atoms with van der Waals surface area (Å²) in [6, 6.07) is 14.1. The quantitative estimate of drug-likeness (QED) is 0.916. The standard InChI is InChI=1S/C19H20N2O3/c22-19(23)21-15-6-7-16(21)12-14(11-15)13-4-8-17(9-5-13)24-18-3-1-2-10-20-18/h1-5,8-10,14-16H,6-7,11-12H2,(H,22,23). The number of nitrogens with zero attached hydrogens (tertiary/aromatic N) is 2. The average molecular weight is 324 g/mol. The molecule has 2 aliphatic rings. The molecule has 24 heavy (non-hydrogen) atoms. The van der Waals surface area contributed by atoms with Crippen molar-refractivity contribution < 1.29 is 14.6 Å². The van der Waals surface area contributed by atoms with E-state index in [0.29, 0.717) is 11.8 Å². The molecule has 1 aromatic heterocycles. The Morgan fingerprint density at radius 2 is 1.79 bits per heavy atom. The summed E-state index contributed by atoms with van der Waals surface area (Å²) < 4.78 is 5.73. The van der Waals surface area contributed by atoms with E-state index in [9.17, 15) is 9.90 Å². The van der Waals surface area contributed by atoms with Crippen molar-refractivity contribution in [1.82, 2.24) is 9.88 Å². The molecule has 0 saturated carbocycles. The molecule has 1 amide bonds. The Kier molecular flexibility index (Phi) is 3.84. The average Bonchev–Trinajstić information content (AvgIpc) is 2.87. The third-order valence-electron chi connectivity index (χ3n) is 5.17. The van der Waals surface area contributed by atoms with Crippen molar-refractivity contribution >= 4 is 6.09 Å². The van der Waals surface area contributed by atoms with Crippen molar-refractivity contribution in [1.29, 1.82) is 0 Å². The Labute approximate surface area is 140 Å². The molecule has 2 bridgehead atoms. The van der Waals surface area contributed by atoms with Crippen LogP contribution in [0.4, 0.5) is 4.79 Å². The number of fused-ring (bicyclic) bond motifs is 2. The van der Waals surface area contributed by atoms with E-state index in [0.717, 1.165) is 31.4 Å². The van der Waals surface area contributed by atoms with Gasteiger partial charge in [0, 0.05) is 24.3 Å². The summed E-state index contributed by atoms with van der Waals surface area (Å²) in [5, 5.41) is 9.36. The highest BCUT2D eigenvalue weighted by molar-refractivity contribution is 5.66. The first-order chi connectivity index (χ1) is 11.7. The Hall–Kier alpha value is -2.56. The fourth-order valence-electron chi connectivity index (χ4n) is 4.10. The predicted molar refractivity (Wildman–Crippen MR) is 89.4 cm³/mol. The molecule has 2 atom stereocenters. The zero-order valence-electron chi connectivity index (χ0n) is 13.3. The van der Waals surface area contributed by atoms with Gasteiger partial charge in [-0.1, -0.05) is 18.2 Å². The summed E-state index contributed by atoms with van der Waals surface area (Å²) in [7, 11) is 0. The summed E-state index contributed by atoms with van der Waals surface area (Å²) in [6.07, 6.45) is 4.77. The van der Waals surface area contributed by atoms with Gasteiger partial charge >= 0.3 is 6.09 Å². The van der Waals surface area contributed by atoms with Crippen molar-refractivity contribution in [3.8, 4) is 11.6 Å². The van der Waals surface area contributed by atoms with Crippen molar-refractivity contribution in [3.05, 3.63) is 54.2 Å². The number of benzene rings is 1. The summed E-state index contributed by atoms with van der Waals surface area (Å²) >= 11 is 0. The smallest absolute Gasteiger partial charge is 0.407 e. The second kappa shape index (κ2) is 6.15. The van der Waals surface area contributed by atoms with Crippen LogP contribution in [0.3, 0.4) is 0 Å². The lowest BCUT2D eigenvalue weighted by Gasteiger charge is -2.37. The van der Waals surface area contributed by atoms with E-state index in [1.54, 1.807) is 11.1 Å². The maximum atomic E-state index is 11.4. The van der Waals surface area contributed by atoms with Gasteiger partial charge in [-0.15, -0.1) is 0 Å². The molecule has 4 rings (SSSR count). The highest BCUT2D eigenvalue weighted by Gasteiger charge is 2.43. The van der Waals surface area contributed by atoms with Crippen molar-refractivity contribution in [3.63, 3.8) is 0 Å². The van der Waals surface area contributed by atoms with Gasteiger partial charge in [0.1, 0.15) is 5.75 Å². The molecule has 3 heterocycles. The number of ether oxygens (including phenoxy) is 1. The van der Waals surface area contributed by atoms with Crippen LogP contribution in [-0.2, 0) is 0 Å².